The highest BCUT2D eigenvalue weighted by Crippen LogP contribution is 2.20. The van der Waals surface area contributed by atoms with Gasteiger partial charge >= 0.3 is 0 Å². The van der Waals surface area contributed by atoms with Gasteiger partial charge in [-0.2, -0.15) is 4.31 Å². The highest BCUT2D eigenvalue weighted by molar-refractivity contribution is 7.88. The number of aliphatic hydroxyl groups excluding tert-OH is 1. The second-order valence-corrected chi connectivity index (χ2v) is 6.06. The van der Waals surface area contributed by atoms with E-state index in [0.717, 1.165) is 6.26 Å². The Morgan fingerprint density at radius 2 is 2.25 bits per heavy atom. The summed E-state index contributed by atoms with van der Waals surface area (Å²) < 4.78 is 24.0. The molecule has 1 amide bonds. The van der Waals surface area contributed by atoms with Gasteiger partial charge in [0, 0.05) is 12.6 Å². The monoisotopic (exact) mass is 250 g/mol. The second kappa shape index (κ2) is 5.11. The molecule has 2 atom stereocenters. The minimum absolute atomic E-state index is 0.155. The topological polar surface area (TPSA) is 86.7 Å². The molecule has 0 aromatic heterocycles. The van der Waals surface area contributed by atoms with Crippen LogP contribution in [0, 0.1) is 0 Å². The SMILES string of the molecule is CC(CO)NC(=O)C1CCCN1S(C)(=O)=O. The standard InChI is InChI=1S/C9H18N2O4S/c1-7(6-12)10-9(13)8-4-3-5-11(8)16(2,14)15/h7-8,12H,3-6H2,1-2H3,(H,10,13). The van der Waals surface area contributed by atoms with Gasteiger partial charge in [-0.05, 0) is 19.8 Å². The molecule has 7 heteroatoms. The average Bonchev–Trinajstić information content (AvgIpc) is 2.65. The second-order valence-electron chi connectivity index (χ2n) is 4.12. The van der Waals surface area contributed by atoms with Crippen LogP contribution in [0.5, 0.6) is 0 Å². The third-order valence-corrected chi connectivity index (χ3v) is 3.88. The molecule has 2 unspecified atom stereocenters. The Bertz CT molecular complexity index is 355. The maximum atomic E-state index is 11.7. The summed E-state index contributed by atoms with van der Waals surface area (Å²) in [6.07, 6.45) is 2.34. The molecule has 1 fully saturated rings. The maximum Gasteiger partial charge on any atom is 0.238 e. The van der Waals surface area contributed by atoms with Crippen molar-refractivity contribution < 1.29 is 18.3 Å². The van der Waals surface area contributed by atoms with Gasteiger partial charge in [0.1, 0.15) is 6.04 Å². The zero-order valence-electron chi connectivity index (χ0n) is 9.51. The van der Waals surface area contributed by atoms with E-state index in [9.17, 15) is 13.2 Å². The summed E-state index contributed by atoms with van der Waals surface area (Å²) in [5.74, 6) is -0.329. The summed E-state index contributed by atoms with van der Waals surface area (Å²) in [7, 11) is -3.33. The molecule has 16 heavy (non-hydrogen) atoms. The molecule has 0 aromatic rings. The quantitative estimate of drug-likeness (QED) is 0.663. The lowest BCUT2D eigenvalue weighted by atomic mass is 10.2. The van der Waals surface area contributed by atoms with E-state index in [1.54, 1.807) is 6.92 Å². The van der Waals surface area contributed by atoms with E-state index in [2.05, 4.69) is 5.32 Å². The van der Waals surface area contributed by atoms with Crippen LogP contribution in [0.2, 0.25) is 0 Å². The summed E-state index contributed by atoms with van der Waals surface area (Å²) in [5, 5.41) is 11.4. The Labute approximate surface area is 95.7 Å². The van der Waals surface area contributed by atoms with E-state index in [4.69, 9.17) is 5.11 Å². The van der Waals surface area contributed by atoms with Gasteiger partial charge in [0.2, 0.25) is 15.9 Å². The molecule has 0 aliphatic carbocycles. The molecule has 1 heterocycles. The number of nitrogens with zero attached hydrogens (tertiary/aromatic N) is 1. The van der Waals surface area contributed by atoms with E-state index in [-0.39, 0.29) is 18.6 Å². The number of amides is 1. The van der Waals surface area contributed by atoms with E-state index in [1.807, 2.05) is 0 Å². The van der Waals surface area contributed by atoms with Crippen molar-refractivity contribution in [2.24, 2.45) is 0 Å². The first kappa shape index (κ1) is 13.4. The number of hydrogen-bond acceptors (Lipinski definition) is 4. The van der Waals surface area contributed by atoms with Crippen molar-refractivity contribution >= 4 is 15.9 Å². The Morgan fingerprint density at radius 3 is 2.75 bits per heavy atom. The average molecular weight is 250 g/mol. The Balaban J connectivity index is 2.69. The fourth-order valence-corrected chi connectivity index (χ4v) is 2.91. The number of rotatable bonds is 4. The van der Waals surface area contributed by atoms with E-state index in [0.29, 0.717) is 19.4 Å². The number of carbonyl (C=O) groups excluding carboxylic acids is 1. The molecule has 0 spiro atoms. The lowest BCUT2D eigenvalue weighted by Gasteiger charge is -2.22. The molecule has 1 aliphatic rings. The third-order valence-electron chi connectivity index (χ3n) is 2.59. The Kier molecular flexibility index (Phi) is 4.28. The van der Waals surface area contributed by atoms with Crippen molar-refractivity contribution in [3.63, 3.8) is 0 Å². The summed E-state index contributed by atoms with van der Waals surface area (Å²) >= 11 is 0. The fraction of sp³-hybridized carbons (Fsp3) is 0.889. The molecule has 0 bridgehead atoms. The van der Waals surface area contributed by atoms with Crippen molar-refractivity contribution in [1.29, 1.82) is 0 Å². The fourth-order valence-electron chi connectivity index (χ4n) is 1.78. The predicted octanol–water partition coefficient (Wildman–Crippen LogP) is -1.09. The molecule has 0 saturated carbocycles. The van der Waals surface area contributed by atoms with Crippen molar-refractivity contribution in [3.8, 4) is 0 Å². The normalized spacial score (nSPS) is 24.3. The largest absolute Gasteiger partial charge is 0.394 e. The molecule has 94 valence electrons. The Morgan fingerprint density at radius 1 is 1.62 bits per heavy atom. The van der Waals surface area contributed by atoms with Crippen LogP contribution in [0.3, 0.4) is 0 Å². The van der Waals surface area contributed by atoms with Crippen LogP contribution in [0.4, 0.5) is 0 Å². The van der Waals surface area contributed by atoms with Gasteiger partial charge in [0.05, 0.1) is 12.9 Å². The number of aliphatic hydroxyl groups is 1. The van der Waals surface area contributed by atoms with E-state index >= 15 is 0 Å². The molecular formula is C9H18N2O4S. The van der Waals surface area contributed by atoms with Crippen molar-refractivity contribution in [3.05, 3.63) is 0 Å². The third kappa shape index (κ3) is 3.16. The molecule has 1 saturated heterocycles. The van der Waals surface area contributed by atoms with Gasteiger partial charge in [-0.1, -0.05) is 0 Å². The smallest absolute Gasteiger partial charge is 0.238 e. The Hall–Kier alpha value is -0.660. The molecule has 6 nitrogen and oxygen atoms in total. The summed E-state index contributed by atoms with van der Waals surface area (Å²) in [6.45, 7) is 1.90. The number of sulfonamides is 1. The van der Waals surface area contributed by atoms with E-state index in [1.165, 1.54) is 4.31 Å². The van der Waals surface area contributed by atoms with Gasteiger partial charge in [0.25, 0.3) is 0 Å². The summed E-state index contributed by atoms with van der Waals surface area (Å²) in [4.78, 5) is 11.7. The summed E-state index contributed by atoms with van der Waals surface area (Å²) in [6, 6.07) is -0.974. The molecular weight excluding hydrogens is 232 g/mol. The first-order valence-corrected chi connectivity index (χ1v) is 7.09. The van der Waals surface area contributed by atoms with Gasteiger partial charge in [-0.3, -0.25) is 4.79 Å². The van der Waals surface area contributed by atoms with Crippen LogP contribution in [-0.4, -0.2) is 55.2 Å². The molecule has 2 N–H and O–H groups in total. The molecule has 0 aromatic carbocycles. The van der Waals surface area contributed by atoms with Gasteiger partial charge in [0.15, 0.2) is 0 Å². The summed E-state index contributed by atoms with van der Waals surface area (Å²) in [5.41, 5.74) is 0. The predicted molar refractivity (Wildman–Crippen MR) is 59.3 cm³/mol. The van der Waals surface area contributed by atoms with Crippen LogP contribution in [0.25, 0.3) is 0 Å². The van der Waals surface area contributed by atoms with Gasteiger partial charge in [-0.15, -0.1) is 0 Å². The number of hydrogen-bond donors (Lipinski definition) is 2. The van der Waals surface area contributed by atoms with Crippen molar-refractivity contribution in [2.75, 3.05) is 19.4 Å². The first-order chi connectivity index (χ1) is 7.36. The van der Waals surface area contributed by atoms with Crippen LogP contribution < -0.4 is 5.32 Å². The maximum absolute atomic E-state index is 11.7. The molecule has 0 radical (unpaired) electrons. The minimum Gasteiger partial charge on any atom is -0.394 e. The van der Waals surface area contributed by atoms with Gasteiger partial charge < -0.3 is 10.4 Å². The zero-order valence-corrected chi connectivity index (χ0v) is 10.3. The highest BCUT2D eigenvalue weighted by Gasteiger charge is 2.36. The highest BCUT2D eigenvalue weighted by atomic mass is 32.2. The van der Waals surface area contributed by atoms with Crippen LogP contribution in [-0.2, 0) is 14.8 Å². The van der Waals surface area contributed by atoms with E-state index < -0.39 is 16.1 Å². The van der Waals surface area contributed by atoms with Gasteiger partial charge in [-0.25, -0.2) is 8.42 Å². The van der Waals surface area contributed by atoms with Crippen molar-refractivity contribution in [1.82, 2.24) is 9.62 Å². The molecule has 1 aliphatic heterocycles. The van der Waals surface area contributed by atoms with Crippen LogP contribution in [0.1, 0.15) is 19.8 Å². The minimum atomic E-state index is -3.33. The first-order valence-electron chi connectivity index (χ1n) is 5.24. The van der Waals surface area contributed by atoms with Crippen molar-refractivity contribution in [2.45, 2.75) is 31.8 Å². The van der Waals surface area contributed by atoms with Crippen LogP contribution >= 0.6 is 0 Å². The lowest BCUT2D eigenvalue weighted by molar-refractivity contribution is -0.125. The number of nitrogens with one attached hydrogen (secondary N) is 1. The number of carbonyl (C=O) groups is 1. The molecule has 1 rings (SSSR count). The lowest BCUT2D eigenvalue weighted by Crippen LogP contribution is -2.48. The zero-order chi connectivity index (χ0) is 12.3. The van der Waals surface area contributed by atoms with Crippen LogP contribution in [0.15, 0.2) is 0 Å².